The van der Waals surface area contributed by atoms with E-state index in [2.05, 4.69) is 4.98 Å². The number of hydrogen-bond donors (Lipinski definition) is 2. The fraction of sp³-hybridized carbons (Fsp3) is 0. The van der Waals surface area contributed by atoms with E-state index >= 15 is 0 Å². The molecular weight excluding hydrogens is 550 g/mol. The van der Waals surface area contributed by atoms with Crippen LogP contribution < -0.4 is 5.14 Å². The molecule has 4 aromatic carbocycles. The molecule has 3 N–H and O–H groups in total. The average molecular weight is 570 g/mol. The maximum Gasteiger partial charge on any atom is 0.294 e. The molecule has 0 fully saturated rings. The van der Waals surface area contributed by atoms with Crippen molar-refractivity contribution < 1.29 is 26.3 Å². The molecule has 0 bridgehead atoms. The molecule has 5 rings (SSSR count). The van der Waals surface area contributed by atoms with Gasteiger partial charge in [0.15, 0.2) is 0 Å². The van der Waals surface area contributed by atoms with Gasteiger partial charge in [0.25, 0.3) is 15.8 Å². The maximum absolute atomic E-state index is 11.7. The molecule has 1 aromatic heterocycles. The van der Waals surface area contributed by atoms with Crippen molar-refractivity contribution in [3.05, 3.63) is 106 Å². The van der Waals surface area contributed by atoms with Crippen LogP contribution in [0.15, 0.2) is 106 Å². The molecule has 0 aliphatic carbocycles. The Morgan fingerprint density at radius 1 is 0.842 bits per heavy atom. The number of sulfonamides is 1. The van der Waals surface area contributed by atoms with E-state index in [9.17, 15) is 26.9 Å². The largest absolute Gasteiger partial charge is 0.294 e. The van der Waals surface area contributed by atoms with Gasteiger partial charge in [0.1, 0.15) is 5.01 Å². The first kappa shape index (κ1) is 27.0. The van der Waals surface area contributed by atoms with Crippen LogP contribution >= 0.6 is 11.3 Å². The SMILES string of the molecule is NS(=O)(=O)c1ccccc1-c1nc(-c2cccc([N+](=O)[O-])c2)cs1.O=S(=O)(O)c1ccc2ccccc2c1. The van der Waals surface area contributed by atoms with Crippen LogP contribution in [-0.2, 0) is 20.1 Å². The van der Waals surface area contributed by atoms with Crippen molar-refractivity contribution in [2.24, 2.45) is 5.14 Å². The number of thiazole rings is 1. The highest BCUT2D eigenvalue weighted by Gasteiger charge is 2.18. The minimum absolute atomic E-state index is 0.00931. The summed E-state index contributed by atoms with van der Waals surface area (Å²) in [6.45, 7) is 0. The Hall–Kier alpha value is -4.01. The summed E-state index contributed by atoms with van der Waals surface area (Å²) in [7, 11) is -7.97. The third-order valence-electron chi connectivity index (χ3n) is 5.30. The van der Waals surface area contributed by atoms with Gasteiger partial charge in [0.2, 0.25) is 10.0 Å². The number of fused-ring (bicyclic) bond motifs is 1. The summed E-state index contributed by atoms with van der Waals surface area (Å²) in [4.78, 5) is 14.7. The molecule has 194 valence electrons. The van der Waals surface area contributed by atoms with Crippen molar-refractivity contribution in [3.8, 4) is 21.8 Å². The molecule has 13 heteroatoms. The molecule has 10 nitrogen and oxygen atoms in total. The lowest BCUT2D eigenvalue weighted by Gasteiger charge is -2.04. The lowest BCUT2D eigenvalue weighted by Crippen LogP contribution is -2.13. The summed E-state index contributed by atoms with van der Waals surface area (Å²) in [5.41, 5.74) is 1.48. The smallest absolute Gasteiger partial charge is 0.282 e. The van der Waals surface area contributed by atoms with Gasteiger partial charge in [-0.15, -0.1) is 11.3 Å². The van der Waals surface area contributed by atoms with E-state index in [-0.39, 0.29) is 15.5 Å². The Balaban J connectivity index is 0.000000204. The Bertz CT molecular complexity index is 1870. The zero-order valence-corrected chi connectivity index (χ0v) is 21.8. The molecule has 0 saturated carbocycles. The third kappa shape index (κ3) is 6.27. The molecule has 0 unspecified atom stereocenters. The number of benzene rings is 4. The molecule has 0 radical (unpaired) electrons. The first-order valence-electron chi connectivity index (χ1n) is 10.7. The van der Waals surface area contributed by atoms with Gasteiger partial charge in [-0.1, -0.05) is 60.7 Å². The number of rotatable bonds is 5. The summed E-state index contributed by atoms with van der Waals surface area (Å²) >= 11 is 1.24. The number of hydrogen-bond acceptors (Lipinski definition) is 8. The summed E-state index contributed by atoms with van der Waals surface area (Å²) in [5, 5.41) is 20.0. The third-order valence-corrected chi connectivity index (χ3v) is 7.99. The molecule has 38 heavy (non-hydrogen) atoms. The zero-order chi connectivity index (χ0) is 27.5. The maximum atomic E-state index is 11.7. The van der Waals surface area contributed by atoms with E-state index in [1.165, 1.54) is 41.7 Å². The number of primary sulfonamides is 1. The molecule has 0 aliphatic rings. The topological polar surface area (TPSA) is 171 Å². The van der Waals surface area contributed by atoms with Gasteiger partial charge in [-0.25, -0.2) is 18.5 Å². The van der Waals surface area contributed by atoms with Crippen LogP contribution in [0, 0.1) is 10.1 Å². The number of nitrogens with zero attached hydrogens (tertiary/aromatic N) is 2. The molecule has 0 saturated heterocycles. The van der Waals surface area contributed by atoms with Gasteiger partial charge in [-0.3, -0.25) is 14.7 Å². The molecule has 0 spiro atoms. The lowest BCUT2D eigenvalue weighted by molar-refractivity contribution is -0.384. The molecule has 1 heterocycles. The minimum Gasteiger partial charge on any atom is -0.282 e. The van der Waals surface area contributed by atoms with Crippen LogP contribution in [0.4, 0.5) is 5.69 Å². The fourth-order valence-corrected chi connectivity index (χ4v) is 5.72. The van der Waals surface area contributed by atoms with Crippen LogP contribution in [0.5, 0.6) is 0 Å². The van der Waals surface area contributed by atoms with E-state index in [1.54, 1.807) is 47.8 Å². The molecule has 0 amide bonds. The van der Waals surface area contributed by atoms with E-state index in [4.69, 9.17) is 9.69 Å². The van der Waals surface area contributed by atoms with E-state index in [1.807, 2.05) is 18.2 Å². The summed E-state index contributed by atoms with van der Waals surface area (Å²) in [6.07, 6.45) is 0. The Morgan fingerprint density at radius 2 is 1.53 bits per heavy atom. The summed E-state index contributed by atoms with van der Waals surface area (Å²) < 4.78 is 53.9. The predicted molar refractivity (Wildman–Crippen MR) is 145 cm³/mol. The highest BCUT2D eigenvalue weighted by molar-refractivity contribution is 7.89. The lowest BCUT2D eigenvalue weighted by atomic mass is 10.1. The predicted octanol–water partition coefficient (Wildman–Crippen LogP) is 5.12. The Kier molecular flexibility index (Phi) is 7.66. The zero-order valence-electron chi connectivity index (χ0n) is 19.3. The van der Waals surface area contributed by atoms with Gasteiger partial charge in [-0.05, 0) is 29.0 Å². The Labute approximate surface area is 222 Å². The van der Waals surface area contributed by atoms with Gasteiger partial charge in [0, 0.05) is 28.6 Å². The first-order valence-corrected chi connectivity index (χ1v) is 14.6. The van der Waals surface area contributed by atoms with Crippen molar-refractivity contribution in [3.63, 3.8) is 0 Å². The van der Waals surface area contributed by atoms with Crippen molar-refractivity contribution in [2.45, 2.75) is 9.79 Å². The molecule has 0 aliphatic heterocycles. The van der Waals surface area contributed by atoms with E-state index in [0.717, 1.165) is 10.8 Å². The second kappa shape index (κ2) is 10.8. The van der Waals surface area contributed by atoms with Gasteiger partial charge in [0.05, 0.1) is 20.4 Å². The van der Waals surface area contributed by atoms with E-state index < -0.39 is 25.1 Å². The second-order valence-corrected chi connectivity index (χ2v) is 11.7. The van der Waals surface area contributed by atoms with Gasteiger partial charge in [-0.2, -0.15) is 8.42 Å². The quantitative estimate of drug-likeness (QED) is 0.167. The first-order chi connectivity index (χ1) is 17.9. The van der Waals surface area contributed by atoms with Crippen LogP contribution in [-0.4, -0.2) is 31.3 Å². The monoisotopic (exact) mass is 569 g/mol. The number of non-ortho nitro benzene ring substituents is 1. The van der Waals surface area contributed by atoms with Crippen molar-refractivity contribution in [1.29, 1.82) is 0 Å². The normalized spacial score (nSPS) is 11.5. The van der Waals surface area contributed by atoms with E-state index in [0.29, 0.717) is 21.8 Å². The molecule has 5 aromatic rings. The number of nitrogens with two attached hydrogens (primary N) is 1. The average Bonchev–Trinajstić information content (AvgIpc) is 3.38. The summed E-state index contributed by atoms with van der Waals surface area (Å²) in [6, 6.07) is 24.3. The van der Waals surface area contributed by atoms with Crippen LogP contribution in [0.3, 0.4) is 0 Å². The standard InChI is InChI=1S/C15H11N3O4S2.C10H8O3S/c16-24(21,22)14-7-2-1-6-12(14)15-17-13(9-23-15)10-4-3-5-11(8-10)18(19)20;11-14(12,13)10-6-5-8-3-1-2-4-9(8)7-10/h1-9H,(H2,16,21,22);1-7H,(H,11,12,13). The molecular formula is C25H19N3O7S3. The van der Waals surface area contributed by atoms with Crippen molar-refractivity contribution >= 4 is 47.9 Å². The number of nitro groups is 1. The highest BCUT2D eigenvalue weighted by Crippen LogP contribution is 2.33. The Morgan fingerprint density at radius 3 is 2.21 bits per heavy atom. The van der Waals surface area contributed by atoms with Crippen molar-refractivity contribution in [1.82, 2.24) is 4.98 Å². The number of nitro benzene ring substituents is 1. The fourth-order valence-electron chi connectivity index (χ4n) is 3.53. The van der Waals surface area contributed by atoms with Crippen LogP contribution in [0.1, 0.15) is 0 Å². The van der Waals surface area contributed by atoms with Crippen molar-refractivity contribution in [2.75, 3.05) is 0 Å². The van der Waals surface area contributed by atoms with Crippen LogP contribution in [0.2, 0.25) is 0 Å². The van der Waals surface area contributed by atoms with Crippen LogP contribution in [0.25, 0.3) is 32.6 Å². The summed E-state index contributed by atoms with van der Waals surface area (Å²) in [5.74, 6) is 0. The second-order valence-electron chi connectivity index (χ2n) is 7.87. The number of aromatic nitrogens is 1. The van der Waals surface area contributed by atoms with Gasteiger partial charge < -0.3 is 0 Å². The molecule has 0 atom stereocenters. The highest BCUT2D eigenvalue weighted by atomic mass is 32.2. The minimum atomic E-state index is -4.09. The van der Waals surface area contributed by atoms with Gasteiger partial charge >= 0.3 is 0 Å².